The fraction of sp³-hybridized carbons (Fsp3) is 0.370. The van der Waals surface area contributed by atoms with E-state index in [1.165, 1.54) is 4.90 Å². The molecule has 2 aromatic carbocycles. The molecule has 3 aliphatic heterocycles. The van der Waals surface area contributed by atoms with Crippen molar-refractivity contribution in [3.05, 3.63) is 71.8 Å². The molecule has 1 fully saturated rings. The minimum absolute atomic E-state index is 0.187. The molecule has 188 valence electrons. The number of thioether (sulfide) groups is 1. The highest BCUT2D eigenvalue weighted by atomic mass is 32.2. The molecule has 0 aliphatic carbocycles. The summed E-state index contributed by atoms with van der Waals surface area (Å²) in [5.74, 6) is -1.59. The van der Waals surface area contributed by atoms with Crippen LogP contribution >= 0.6 is 11.8 Å². The smallest absolute Gasteiger partial charge is 0.375 e. The predicted molar refractivity (Wildman–Crippen MR) is 133 cm³/mol. The average Bonchev–Trinajstić information content (AvgIpc) is 3.00. The van der Waals surface area contributed by atoms with E-state index in [4.69, 9.17) is 14.2 Å². The molecule has 0 bridgehead atoms. The van der Waals surface area contributed by atoms with E-state index in [0.29, 0.717) is 17.7 Å². The number of esters is 2. The van der Waals surface area contributed by atoms with Gasteiger partial charge in [-0.2, -0.15) is 0 Å². The van der Waals surface area contributed by atoms with E-state index in [0.717, 1.165) is 61.0 Å². The van der Waals surface area contributed by atoms with Gasteiger partial charge in [0.1, 0.15) is 5.75 Å². The number of rotatable bonds is 7. The van der Waals surface area contributed by atoms with E-state index in [9.17, 15) is 14.4 Å². The van der Waals surface area contributed by atoms with Crippen LogP contribution in [0.5, 0.6) is 5.75 Å². The Kier molecular flexibility index (Phi) is 7.02. The van der Waals surface area contributed by atoms with Crippen LogP contribution in [0.15, 0.2) is 65.6 Å². The summed E-state index contributed by atoms with van der Waals surface area (Å²) in [7, 11) is 1.69. The first-order valence-electron chi connectivity index (χ1n) is 12.0. The van der Waals surface area contributed by atoms with Crippen molar-refractivity contribution in [3.63, 3.8) is 0 Å². The van der Waals surface area contributed by atoms with Crippen molar-refractivity contribution in [2.45, 2.75) is 23.6 Å². The maximum atomic E-state index is 13.4. The molecular formula is C27H28N2O6S. The lowest BCUT2D eigenvalue weighted by molar-refractivity contribution is -0.275. The van der Waals surface area contributed by atoms with Crippen LogP contribution in [0.3, 0.4) is 0 Å². The summed E-state index contributed by atoms with van der Waals surface area (Å²) in [6, 6.07) is 14.8. The lowest BCUT2D eigenvalue weighted by Gasteiger charge is -2.39. The van der Waals surface area contributed by atoms with E-state index in [1.807, 2.05) is 18.2 Å². The molecule has 0 unspecified atom stereocenters. The lowest BCUT2D eigenvalue weighted by atomic mass is 9.96. The summed E-state index contributed by atoms with van der Waals surface area (Å²) in [6.07, 6.45) is 3.83. The minimum atomic E-state index is -1.87. The number of fused-ring (bicyclic) bond motifs is 2. The Labute approximate surface area is 214 Å². The van der Waals surface area contributed by atoms with Gasteiger partial charge in [0, 0.05) is 35.9 Å². The van der Waals surface area contributed by atoms with Crippen LogP contribution in [0.25, 0.3) is 0 Å². The largest absolute Gasteiger partial charge is 0.496 e. The first kappa shape index (κ1) is 24.4. The number of nitrogens with zero attached hydrogens (tertiary/aromatic N) is 2. The Morgan fingerprint density at radius 1 is 0.972 bits per heavy atom. The van der Waals surface area contributed by atoms with E-state index >= 15 is 0 Å². The number of carbonyl (C=O) groups excluding carboxylic acids is 3. The molecule has 1 saturated heterocycles. The first-order valence-corrected chi connectivity index (χ1v) is 13.0. The van der Waals surface area contributed by atoms with Crippen molar-refractivity contribution >= 4 is 29.6 Å². The Bertz CT molecular complexity index is 1170. The zero-order chi connectivity index (χ0) is 25.1. The van der Waals surface area contributed by atoms with E-state index < -0.39 is 17.8 Å². The van der Waals surface area contributed by atoms with Gasteiger partial charge in [-0.05, 0) is 56.1 Å². The van der Waals surface area contributed by atoms with Gasteiger partial charge in [-0.25, -0.2) is 9.59 Å². The second-order valence-corrected chi connectivity index (χ2v) is 10.1. The quantitative estimate of drug-likeness (QED) is 0.416. The monoisotopic (exact) mass is 508 g/mol. The SMILES string of the molecule is COc1ccccc1SCCN1CCC(CN2C(=O)c3ccccc3C23OC(=O)C=CC(=O)O3)CC1. The van der Waals surface area contributed by atoms with Gasteiger partial charge in [-0.15, -0.1) is 11.8 Å². The Balaban J connectivity index is 1.22. The molecule has 36 heavy (non-hydrogen) atoms. The van der Waals surface area contributed by atoms with Crippen LogP contribution < -0.4 is 4.74 Å². The molecule has 8 nitrogen and oxygen atoms in total. The third-order valence-corrected chi connectivity index (χ3v) is 7.85. The molecule has 0 atom stereocenters. The molecule has 2 aromatic rings. The van der Waals surface area contributed by atoms with Gasteiger partial charge in [-0.3, -0.25) is 9.69 Å². The van der Waals surface area contributed by atoms with E-state index in [1.54, 1.807) is 43.1 Å². The lowest BCUT2D eigenvalue weighted by Crippen LogP contribution is -2.52. The first-order chi connectivity index (χ1) is 17.5. The number of para-hydroxylation sites is 1. The second-order valence-electron chi connectivity index (χ2n) is 9.00. The van der Waals surface area contributed by atoms with Gasteiger partial charge in [0.25, 0.3) is 5.91 Å². The van der Waals surface area contributed by atoms with Crippen molar-refractivity contribution in [1.82, 2.24) is 9.80 Å². The molecule has 3 heterocycles. The molecule has 1 amide bonds. The number of ether oxygens (including phenoxy) is 3. The van der Waals surface area contributed by atoms with Crippen molar-refractivity contribution in [3.8, 4) is 5.75 Å². The normalized spacial score (nSPS) is 19.7. The number of hydrogen-bond acceptors (Lipinski definition) is 8. The molecule has 3 aliphatic rings. The van der Waals surface area contributed by atoms with Crippen LogP contribution in [0.2, 0.25) is 0 Å². The molecule has 9 heteroatoms. The number of benzene rings is 2. The summed E-state index contributed by atoms with van der Waals surface area (Å²) >= 11 is 1.78. The second kappa shape index (κ2) is 10.4. The van der Waals surface area contributed by atoms with Crippen molar-refractivity contribution in [2.75, 3.05) is 39.0 Å². The molecule has 5 rings (SSSR count). The van der Waals surface area contributed by atoms with E-state index in [2.05, 4.69) is 11.0 Å². The molecule has 0 aromatic heterocycles. The van der Waals surface area contributed by atoms with Crippen molar-refractivity contribution in [1.29, 1.82) is 0 Å². The number of likely N-dealkylation sites (tertiary alicyclic amines) is 1. The number of methoxy groups -OCH3 is 1. The fourth-order valence-electron chi connectivity index (χ4n) is 4.96. The zero-order valence-corrected chi connectivity index (χ0v) is 20.9. The molecule has 0 saturated carbocycles. The third kappa shape index (κ3) is 4.73. The Morgan fingerprint density at radius 3 is 2.36 bits per heavy atom. The van der Waals surface area contributed by atoms with Crippen LogP contribution in [-0.2, 0) is 25.0 Å². The van der Waals surface area contributed by atoms with Gasteiger partial charge in [0.05, 0.1) is 18.2 Å². The van der Waals surface area contributed by atoms with E-state index in [-0.39, 0.29) is 11.8 Å². The Morgan fingerprint density at radius 2 is 1.64 bits per heavy atom. The molecule has 0 N–H and O–H groups in total. The van der Waals surface area contributed by atoms with Gasteiger partial charge < -0.3 is 19.1 Å². The maximum Gasteiger partial charge on any atom is 0.375 e. The average molecular weight is 509 g/mol. The summed E-state index contributed by atoms with van der Waals surface area (Å²) in [4.78, 5) is 43.0. The highest BCUT2D eigenvalue weighted by Gasteiger charge is 2.57. The summed E-state index contributed by atoms with van der Waals surface area (Å²) in [5.41, 5.74) is 0.761. The van der Waals surface area contributed by atoms with Crippen LogP contribution in [-0.4, -0.2) is 66.7 Å². The number of carbonyl (C=O) groups is 3. The highest BCUT2D eigenvalue weighted by Crippen LogP contribution is 2.43. The van der Waals surface area contributed by atoms with Crippen molar-refractivity contribution < 1.29 is 28.6 Å². The number of hydrogen-bond donors (Lipinski definition) is 0. The van der Waals surface area contributed by atoms with Gasteiger partial charge in [0.15, 0.2) is 0 Å². The van der Waals surface area contributed by atoms with Gasteiger partial charge >= 0.3 is 17.8 Å². The summed E-state index contributed by atoms with van der Waals surface area (Å²) < 4.78 is 16.7. The summed E-state index contributed by atoms with van der Waals surface area (Å²) in [5, 5.41) is 0. The molecule has 1 spiro atoms. The van der Waals surface area contributed by atoms with Crippen LogP contribution in [0.1, 0.15) is 28.8 Å². The predicted octanol–water partition coefficient (Wildman–Crippen LogP) is 3.42. The van der Waals surface area contributed by atoms with Crippen molar-refractivity contribution in [2.24, 2.45) is 5.92 Å². The standard InChI is InChI=1S/C27H28N2O6S/c1-33-22-8-4-5-9-23(22)36-17-16-28-14-12-19(13-15-28)18-29-26(32)20-6-2-3-7-21(20)27(29)34-24(30)10-11-25(31)35-27/h2-11,19H,12-18H2,1H3. The minimum Gasteiger partial charge on any atom is -0.496 e. The highest BCUT2D eigenvalue weighted by molar-refractivity contribution is 7.99. The summed E-state index contributed by atoms with van der Waals surface area (Å²) in [6.45, 7) is 3.09. The fourth-order valence-corrected chi connectivity index (χ4v) is 6.00. The third-order valence-electron chi connectivity index (χ3n) is 6.81. The zero-order valence-electron chi connectivity index (χ0n) is 20.1. The topological polar surface area (TPSA) is 85.4 Å². The number of piperidine rings is 1. The van der Waals surface area contributed by atoms with Crippen LogP contribution in [0.4, 0.5) is 0 Å². The Hall–Kier alpha value is -3.30. The molecular weight excluding hydrogens is 480 g/mol. The van der Waals surface area contributed by atoms with Crippen LogP contribution in [0, 0.1) is 5.92 Å². The molecule has 0 radical (unpaired) electrons. The number of amides is 1. The van der Waals surface area contributed by atoms with Gasteiger partial charge in [0.2, 0.25) is 0 Å². The van der Waals surface area contributed by atoms with Gasteiger partial charge in [-0.1, -0.05) is 24.3 Å². The maximum absolute atomic E-state index is 13.4.